The normalized spacial score (nSPS) is 12.4. The van der Waals surface area contributed by atoms with Crippen molar-refractivity contribution in [3.05, 3.63) is 67.0 Å². The van der Waals surface area contributed by atoms with Crippen molar-refractivity contribution in [3.8, 4) is 5.75 Å². The van der Waals surface area contributed by atoms with Gasteiger partial charge in [0, 0.05) is 0 Å². The van der Waals surface area contributed by atoms with Crippen molar-refractivity contribution < 1.29 is 14.3 Å². The fraction of sp³-hybridized carbons (Fsp3) is 0.278. The topological polar surface area (TPSA) is 35.5 Å². The smallest absolute Gasteiger partial charge is 0.316 e. The van der Waals surface area contributed by atoms with Crippen molar-refractivity contribution in [2.24, 2.45) is 5.92 Å². The molecule has 0 bridgehead atoms. The standard InChI is InChI=1S/C18H22O3/c1-5-9-16(18(19)20-4)17(13-12-14(2)3)21-15-10-7-6-8-11-15/h5-8,10-11,13,16H,1-2,9,12H2,3-4H3/b17-13+. The van der Waals surface area contributed by atoms with Gasteiger partial charge in [-0.25, -0.2) is 0 Å². The Morgan fingerprint density at radius 2 is 2.00 bits per heavy atom. The third kappa shape index (κ3) is 5.69. The second kappa shape index (κ2) is 8.80. The number of allylic oxidation sites excluding steroid dienone is 3. The lowest BCUT2D eigenvalue weighted by atomic mass is 10.0. The van der Waals surface area contributed by atoms with Crippen LogP contribution >= 0.6 is 0 Å². The summed E-state index contributed by atoms with van der Waals surface area (Å²) in [5, 5.41) is 0. The molecule has 0 spiro atoms. The Hall–Kier alpha value is -2.29. The number of carbonyl (C=O) groups is 1. The zero-order valence-electron chi connectivity index (χ0n) is 12.7. The number of para-hydroxylation sites is 1. The van der Waals surface area contributed by atoms with Crippen LogP contribution in [0.25, 0.3) is 0 Å². The Balaban J connectivity index is 3.04. The summed E-state index contributed by atoms with van der Waals surface area (Å²) < 4.78 is 10.7. The molecule has 3 heteroatoms. The summed E-state index contributed by atoms with van der Waals surface area (Å²) in [6.45, 7) is 9.49. The van der Waals surface area contributed by atoms with E-state index >= 15 is 0 Å². The first kappa shape index (κ1) is 16.8. The highest BCUT2D eigenvalue weighted by Crippen LogP contribution is 2.23. The predicted octanol–water partition coefficient (Wildman–Crippen LogP) is 4.28. The Labute approximate surface area is 126 Å². The number of hydrogen-bond donors (Lipinski definition) is 0. The Kier molecular flexibility index (Phi) is 7.02. The second-order valence-electron chi connectivity index (χ2n) is 4.78. The minimum atomic E-state index is -0.493. The number of methoxy groups -OCH3 is 1. The van der Waals surface area contributed by atoms with Crippen LogP contribution in [0.4, 0.5) is 0 Å². The van der Waals surface area contributed by atoms with Gasteiger partial charge in [0.1, 0.15) is 17.4 Å². The van der Waals surface area contributed by atoms with E-state index in [2.05, 4.69) is 13.2 Å². The third-order valence-corrected chi connectivity index (χ3v) is 2.86. The van der Waals surface area contributed by atoms with Crippen LogP contribution in [0, 0.1) is 5.92 Å². The molecule has 0 aromatic heterocycles. The van der Waals surface area contributed by atoms with E-state index in [-0.39, 0.29) is 5.97 Å². The molecular formula is C18H22O3. The van der Waals surface area contributed by atoms with E-state index in [1.807, 2.05) is 43.3 Å². The first-order valence-electron chi connectivity index (χ1n) is 6.84. The maximum absolute atomic E-state index is 12.0. The van der Waals surface area contributed by atoms with Crippen molar-refractivity contribution in [2.75, 3.05) is 7.11 Å². The van der Waals surface area contributed by atoms with Gasteiger partial charge in [-0.1, -0.05) is 36.4 Å². The third-order valence-electron chi connectivity index (χ3n) is 2.86. The van der Waals surface area contributed by atoms with Gasteiger partial charge in [-0.05, 0) is 38.0 Å². The zero-order chi connectivity index (χ0) is 15.7. The molecule has 112 valence electrons. The molecule has 1 aromatic carbocycles. The van der Waals surface area contributed by atoms with Gasteiger partial charge in [0.25, 0.3) is 0 Å². The highest BCUT2D eigenvalue weighted by atomic mass is 16.5. The van der Waals surface area contributed by atoms with Crippen molar-refractivity contribution in [1.29, 1.82) is 0 Å². The van der Waals surface area contributed by atoms with E-state index in [4.69, 9.17) is 9.47 Å². The largest absolute Gasteiger partial charge is 0.468 e. The molecule has 3 nitrogen and oxygen atoms in total. The van der Waals surface area contributed by atoms with Crippen molar-refractivity contribution >= 4 is 5.97 Å². The van der Waals surface area contributed by atoms with Crippen LogP contribution in [-0.2, 0) is 9.53 Å². The van der Waals surface area contributed by atoms with Gasteiger partial charge in [-0.3, -0.25) is 4.79 Å². The number of benzene rings is 1. The fourth-order valence-electron chi connectivity index (χ4n) is 1.79. The van der Waals surface area contributed by atoms with E-state index < -0.39 is 5.92 Å². The van der Waals surface area contributed by atoms with Crippen LogP contribution in [0.5, 0.6) is 5.75 Å². The SMILES string of the molecule is C=CCC(C(=O)OC)/C(=C\CC(=C)C)Oc1ccccc1. The van der Waals surface area contributed by atoms with Crippen LogP contribution in [-0.4, -0.2) is 13.1 Å². The molecule has 1 atom stereocenters. The van der Waals surface area contributed by atoms with Gasteiger partial charge in [0.15, 0.2) is 0 Å². The molecule has 0 N–H and O–H groups in total. The van der Waals surface area contributed by atoms with Crippen LogP contribution in [0.1, 0.15) is 19.8 Å². The maximum Gasteiger partial charge on any atom is 0.316 e. The van der Waals surface area contributed by atoms with Gasteiger partial charge in [0.2, 0.25) is 0 Å². The number of hydrogen-bond acceptors (Lipinski definition) is 3. The summed E-state index contributed by atoms with van der Waals surface area (Å²) in [6, 6.07) is 9.36. The van der Waals surface area contributed by atoms with Crippen LogP contribution in [0.2, 0.25) is 0 Å². The van der Waals surface area contributed by atoms with Crippen LogP contribution in [0.15, 0.2) is 67.0 Å². The summed E-state index contributed by atoms with van der Waals surface area (Å²) in [4.78, 5) is 12.0. The molecule has 1 rings (SSSR count). The molecule has 1 unspecified atom stereocenters. The average Bonchev–Trinajstić information content (AvgIpc) is 2.49. The summed E-state index contributed by atoms with van der Waals surface area (Å²) in [5.74, 6) is 0.422. The molecule has 0 amide bonds. The summed E-state index contributed by atoms with van der Waals surface area (Å²) in [7, 11) is 1.37. The molecule has 0 saturated heterocycles. The first-order valence-corrected chi connectivity index (χ1v) is 6.84. The van der Waals surface area contributed by atoms with E-state index in [1.165, 1.54) is 7.11 Å². The highest BCUT2D eigenvalue weighted by Gasteiger charge is 2.24. The van der Waals surface area contributed by atoms with E-state index in [1.54, 1.807) is 6.08 Å². The molecule has 0 heterocycles. The van der Waals surface area contributed by atoms with Gasteiger partial charge < -0.3 is 9.47 Å². The lowest BCUT2D eigenvalue weighted by Crippen LogP contribution is -2.21. The Morgan fingerprint density at radius 1 is 1.33 bits per heavy atom. The molecule has 0 aliphatic rings. The number of carbonyl (C=O) groups excluding carboxylic acids is 1. The summed E-state index contributed by atoms with van der Waals surface area (Å²) in [5.41, 5.74) is 0.992. The summed E-state index contributed by atoms with van der Waals surface area (Å²) in [6.07, 6.45) is 4.67. The fourth-order valence-corrected chi connectivity index (χ4v) is 1.79. The molecule has 0 aliphatic carbocycles. The van der Waals surface area contributed by atoms with Crippen LogP contribution in [0.3, 0.4) is 0 Å². The molecule has 21 heavy (non-hydrogen) atoms. The quantitative estimate of drug-likeness (QED) is 0.406. The summed E-state index contributed by atoms with van der Waals surface area (Å²) >= 11 is 0. The minimum Gasteiger partial charge on any atom is -0.468 e. The number of esters is 1. The van der Waals surface area contributed by atoms with Gasteiger partial charge in [0.05, 0.1) is 7.11 Å². The lowest BCUT2D eigenvalue weighted by Gasteiger charge is -2.18. The minimum absolute atomic E-state index is 0.334. The van der Waals surface area contributed by atoms with Gasteiger partial charge in [-0.2, -0.15) is 0 Å². The van der Waals surface area contributed by atoms with Crippen LogP contribution < -0.4 is 4.74 Å². The van der Waals surface area contributed by atoms with Crippen molar-refractivity contribution in [2.45, 2.75) is 19.8 Å². The lowest BCUT2D eigenvalue weighted by molar-refractivity contribution is -0.144. The molecule has 0 saturated carbocycles. The Bertz CT molecular complexity index is 515. The maximum atomic E-state index is 12.0. The molecule has 0 radical (unpaired) electrons. The Morgan fingerprint density at radius 3 is 2.52 bits per heavy atom. The first-order chi connectivity index (χ1) is 10.1. The molecule has 0 fully saturated rings. The highest BCUT2D eigenvalue weighted by molar-refractivity contribution is 5.75. The zero-order valence-corrected chi connectivity index (χ0v) is 12.7. The predicted molar refractivity (Wildman–Crippen MR) is 84.9 cm³/mol. The van der Waals surface area contributed by atoms with E-state index in [0.29, 0.717) is 24.4 Å². The van der Waals surface area contributed by atoms with Crippen molar-refractivity contribution in [3.63, 3.8) is 0 Å². The molecular weight excluding hydrogens is 264 g/mol. The number of rotatable bonds is 8. The van der Waals surface area contributed by atoms with Crippen molar-refractivity contribution in [1.82, 2.24) is 0 Å². The van der Waals surface area contributed by atoms with E-state index in [0.717, 1.165) is 5.57 Å². The second-order valence-corrected chi connectivity index (χ2v) is 4.78. The van der Waals surface area contributed by atoms with Gasteiger partial charge >= 0.3 is 5.97 Å². The average molecular weight is 286 g/mol. The molecule has 0 aliphatic heterocycles. The van der Waals surface area contributed by atoms with E-state index in [9.17, 15) is 4.79 Å². The monoisotopic (exact) mass is 286 g/mol. The molecule has 1 aromatic rings. The van der Waals surface area contributed by atoms with Gasteiger partial charge in [-0.15, -0.1) is 6.58 Å². The number of ether oxygens (including phenoxy) is 2.